The van der Waals surface area contributed by atoms with Crippen LogP contribution in [0.3, 0.4) is 0 Å². The second kappa shape index (κ2) is 6.58. The molecule has 1 aliphatic heterocycles. The summed E-state index contributed by atoms with van der Waals surface area (Å²) in [5, 5.41) is 9.29. The monoisotopic (exact) mass is 311 g/mol. The first-order valence-corrected chi connectivity index (χ1v) is 7.95. The van der Waals surface area contributed by atoms with Crippen LogP contribution in [0.1, 0.15) is 39.9 Å². The van der Waals surface area contributed by atoms with E-state index >= 15 is 0 Å². The number of hydrogen-bond donors (Lipinski definition) is 1. The van der Waals surface area contributed by atoms with E-state index in [0.29, 0.717) is 17.8 Å². The van der Waals surface area contributed by atoms with E-state index in [1.165, 1.54) is 21.8 Å². The number of carbonyl (C=O) groups is 2. The zero-order valence-corrected chi connectivity index (χ0v) is 13.4. The number of aryl methyl sites for hydroxylation is 2. The molecular formula is C15H21NO4S. The van der Waals surface area contributed by atoms with Gasteiger partial charge in [-0.3, -0.25) is 4.79 Å². The lowest BCUT2D eigenvalue weighted by atomic mass is 10.1. The first-order valence-electron chi connectivity index (χ1n) is 7.13. The molecule has 0 unspecified atom stereocenters. The Labute approximate surface area is 128 Å². The third-order valence-electron chi connectivity index (χ3n) is 3.89. The molecule has 1 aromatic heterocycles. The molecule has 1 aromatic rings. The summed E-state index contributed by atoms with van der Waals surface area (Å²) >= 11 is 1.45. The number of carboxylic acids is 1. The van der Waals surface area contributed by atoms with Crippen molar-refractivity contribution in [2.75, 3.05) is 13.7 Å². The van der Waals surface area contributed by atoms with Crippen molar-refractivity contribution >= 4 is 23.2 Å². The number of likely N-dealkylation sites (tertiary alicyclic amines) is 1. The summed E-state index contributed by atoms with van der Waals surface area (Å²) in [7, 11) is 1.55. The minimum absolute atomic E-state index is 0.197. The molecule has 1 fully saturated rings. The summed E-state index contributed by atoms with van der Waals surface area (Å²) in [6.45, 7) is 4.44. The third-order valence-corrected chi connectivity index (χ3v) is 4.97. The molecule has 1 saturated heterocycles. The molecule has 5 nitrogen and oxygen atoms in total. The summed E-state index contributed by atoms with van der Waals surface area (Å²) < 4.78 is 5.22. The van der Waals surface area contributed by atoms with E-state index in [2.05, 4.69) is 6.92 Å². The topological polar surface area (TPSA) is 66.8 Å². The molecule has 116 valence electrons. The van der Waals surface area contributed by atoms with Crippen LogP contribution in [0.4, 0.5) is 0 Å². The molecule has 2 rings (SSSR count). The summed E-state index contributed by atoms with van der Waals surface area (Å²) in [5.74, 6) is -1.16. The van der Waals surface area contributed by atoms with E-state index < -0.39 is 12.0 Å². The first-order chi connectivity index (χ1) is 9.97. The zero-order chi connectivity index (χ0) is 15.6. The molecule has 21 heavy (non-hydrogen) atoms. The summed E-state index contributed by atoms with van der Waals surface area (Å²) in [6, 6.07) is 1.12. The van der Waals surface area contributed by atoms with E-state index in [1.807, 2.05) is 13.0 Å². The predicted octanol–water partition coefficient (Wildman–Crippen LogP) is 2.32. The van der Waals surface area contributed by atoms with Crippen molar-refractivity contribution in [3.05, 3.63) is 21.4 Å². The second-order valence-electron chi connectivity index (χ2n) is 5.35. The molecule has 6 heteroatoms. The highest BCUT2D eigenvalue weighted by atomic mass is 32.1. The highest BCUT2D eigenvalue weighted by Crippen LogP contribution is 2.28. The van der Waals surface area contributed by atoms with Crippen molar-refractivity contribution in [1.82, 2.24) is 4.90 Å². The van der Waals surface area contributed by atoms with E-state index in [1.54, 1.807) is 7.11 Å². The van der Waals surface area contributed by atoms with Gasteiger partial charge in [-0.2, -0.15) is 0 Å². The van der Waals surface area contributed by atoms with Gasteiger partial charge in [-0.25, -0.2) is 4.79 Å². The lowest BCUT2D eigenvalue weighted by molar-refractivity contribution is -0.141. The number of nitrogens with zero attached hydrogens (tertiary/aromatic N) is 1. The number of thiophene rings is 1. The number of aliphatic carboxylic acids is 1. The maximum atomic E-state index is 12.6. The molecule has 0 saturated carbocycles. The molecule has 2 heterocycles. The Balaban J connectivity index is 2.21. The normalized spacial score (nSPS) is 21.8. The predicted molar refractivity (Wildman–Crippen MR) is 80.9 cm³/mol. The van der Waals surface area contributed by atoms with Gasteiger partial charge in [0.1, 0.15) is 6.04 Å². The quantitative estimate of drug-likeness (QED) is 0.906. The maximum Gasteiger partial charge on any atom is 0.326 e. The van der Waals surface area contributed by atoms with Crippen LogP contribution in [0.5, 0.6) is 0 Å². The SMILES string of the molecule is CCCc1cc(C(=O)N2C[C@@H](OC)C[C@@H]2C(=O)O)sc1C. The fourth-order valence-electron chi connectivity index (χ4n) is 2.71. The number of carboxylic acid groups (broad SMARTS) is 1. The van der Waals surface area contributed by atoms with Gasteiger partial charge in [0, 0.05) is 25.0 Å². The van der Waals surface area contributed by atoms with Gasteiger partial charge in [0.05, 0.1) is 11.0 Å². The van der Waals surface area contributed by atoms with Crippen LogP contribution in [-0.4, -0.2) is 47.7 Å². The highest BCUT2D eigenvalue weighted by molar-refractivity contribution is 7.14. The maximum absolute atomic E-state index is 12.6. The molecule has 1 aliphatic rings. The third kappa shape index (κ3) is 3.27. The van der Waals surface area contributed by atoms with Crippen molar-refractivity contribution < 1.29 is 19.4 Å². The van der Waals surface area contributed by atoms with Crippen molar-refractivity contribution in [1.29, 1.82) is 0 Å². The average Bonchev–Trinajstić information content (AvgIpc) is 3.03. The van der Waals surface area contributed by atoms with Gasteiger partial charge in [-0.1, -0.05) is 13.3 Å². The standard InChI is InChI=1S/C15H21NO4S/c1-4-5-10-6-13(21-9(10)2)14(17)16-8-11(20-3)7-12(16)15(18)19/h6,11-12H,4-5,7-8H2,1-3H3,(H,18,19)/t11-,12+/m0/s1. The van der Waals surface area contributed by atoms with Gasteiger partial charge >= 0.3 is 5.97 Å². The number of carbonyl (C=O) groups excluding carboxylic acids is 1. The van der Waals surface area contributed by atoms with Gasteiger partial charge in [-0.05, 0) is 25.0 Å². The second-order valence-corrected chi connectivity index (χ2v) is 6.60. The van der Waals surface area contributed by atoms with Gasteiger partial charge in [0.2, 0.25) is 0 Å². The lowest BCUT2D eigenvalue weighted by Crippen LogP contribution is -2.40. The van der Waals surface area contributed by atoms with Gasteiger partial charge in [-0.15, -0.1) is 11.3 Å². The molecule has 0 aromatic carbocycles. The number of hydrogen-bond acceptors (Lipinski definition) is 4. The molecule has 0 aliphatic carbocycles. The van der Waals surface area contributed by atoms with Crippen molar-refractivity contribution in [2.45, 2.75) is 45.3 Å². The van der Waals surface area contributed by atoms with Gasteiger partial charge < -0.3 is 14.7 Å². The number of ether oxygens (including phenoxy) is 1. The van der Waals surface area contributed by atoms with Crippen LogP contribution in [0, 0.1) is 6.92 Å². The Hall–Kier alpha value is -1.40. The molecular weight excluding hydrogens is 290 g/mol. The first kappa shape index (κ1) is 16.0. The van der Waals surface area contributed by atoms with Crippen LogP contribution in [0.25, 0.3) is 0 Å². The minimum atomic E-state index is -0.968. The van der Waals surface area contributed by atoms with E-state index in [0.717, 1.165) is 17.7 Å². The lowest BCUT2D eigenvalue weighted by Gasteiger charge is -2.20. The Morgan fingerprint density at radius 1 is 1.52 bits per heavy atom. The molecule has 0 radical (unpaired) electrons. The van der Waals surface area contributed by atoms with Crippen LogP contribution in [-0.2, 0) is 16.0 Å². The largest absolute Gasteiger partial charge is 0.480 e. The summed E-state index contributed by atoms with van der Waals surface area (Å²) in [6.07, 6.45) is 2.12. The molecule has 0 spiro atoms. The fraction of sp³-hybridized carbons (Fsp3) is 0.600. The zero-order valence-electron chi connectivity index (χ0n) is 12.6. The van der Waals surface area contributed by atoms with E-state index in [4.69, 9.17) is 4.74 Å². The number of rotatable bonds is 5. The van der Waals surface area contributed by atoms with Gasteiger partial charge in [0.25, 0.3) is 5.91 Å². The Bertz CT molecular complexity index is 540. The minimum Gasteiger partial charge on any atom is -0.480 e. The van der Waals surface area contributed by atoms with Crippen molar-refractivity contribution in [3.63, 3.8) is 0 Å². The van der Waals surface area contributed by atoms with Crippen molar-refractivity contribution in [3.8, 4) is 0 Å². The van der Waals surface area contributed by atoms with Crippen LogP contribution < -0.4 is 0 Å². The molecule has 0 bridgehead atoms. The molecule has 2 atom stereocenters. The number of amides is 1. The summed E-state index contributed by atoms with van der Waals surface area (Å²) in [5.41, 5.74) is 1.18. The van der Waals surface area contributed by atoms with E-state index in [9.17, 15) is 14.7 Å². The number of methoxy groups -OCH3 is 1. The Kier molecular flexibility index (Phi) is 5.00. The Morgan fingerprint density at radius 3 is 2.81 bits per heavy atom. The fourth-order valence-corrected chi connectivity index (χ4v) is 3.74. The molecule has 1 amide bonds. The van der Waals surface area contributed by atoms with Crippen molar-refractivity contribution in [2.24, 2.45) is 0 Å². The summed E-state index contributed by atoms with van der Waals surface area (Å²) in [4.78, 5) is 27.1. The van der Waals surface area contributed by atoms with Crippen LogP contribution in [0.2, 0.25) is 0 Å². The van der Waals surface area contributed by atoms with E-state index in [-0.39, 0.29) is 12.0 Å². The smallest absolute Gasteiger partial charge is 0.326 e. The van der Waals surface area contributed by atoms with Crippen LogP contribution in [0.15, 0.2) is 6.07 Å². The highest BCUT2D eigenvalue weighted by Gasteiger charge is 2.40. The van der Waals surface area contributed by atoms with Crippen LogP contribution >= 0.6 is 11.3 Å². The molecule has 1 N–H and O–H groups in total. The Morgan fingerprint density at radius 2 is 2.24 bits per heavy atom. The average molecular weight is 311 g/mol. The van der Waals surface area contributed by atoms with Gasteiger partial charge in [0.15, 0.2) is 0 Å².